The van der Waals surface area contributed by atoms with Crippen molar-refractivity contribution in [2.24, 2.45) is 0 Å². The van der Waals surface area contributed by atoms with Crippen molar-refractivity contribution >= 4 is 34.2 Å². The van der Waals surface area contributed by atoms with E-state index >= 15 is 0 Å². The van der Waals surface area contributed by atoms with E-state index in [0.717, 1.165) is 0 Å². The summed E-state index contributed by atoms with van der Waals surface area (Å²) in [6.45, 7) is 1.30. The van der Waals surface area contributed by atoms with Gasteiger partial charge in [-0.15, -0.1) is 0 Å². The lowest BCUT2D eigenvalue weighted by atomic mass is 10.0. The van der Waals surface area contributed by atoms with E-state index < -0.39 is 24.4 Å². The van der Waals surface area contributed by atoms with Crippen LogP contribution in [0.3, 0.4) is 0 Å². The van der Waals surface area contributed by atoms with Gasteiger partial charge in [0.15, 0.2) is 0 Å². The van der Waals surface area contributed by atoms with Crippen molar-refractivity contribution < 1.29 is 20.4 Å². The predicted molar refractivity (Wildman–Crippen MR) is 74.8 cm³/mol. The Kier molecular flexibility index (Phi) is 4.53. The van der Waals surface area contributed by atoms with Crippen LogP contribution >= 0.6 is 23.2 Å². The van der Waals surface area contributed by atoms with Gasteiger partial charge in [-0.1, -0.05) is 23.2 Å². The number of imidazole rings is 1. The predicted octanol–water partition coefficient (Wildman–Crippen LogP) is 1.01. The highest BCUT2D eigenvalue weighted by Gasteiger charge is 2.31. The highest BCUT2D eigenvalue weighted by atomic mass is 35.5. The molecule has 6 nitrogen and oxygen atoms in total. The van der Waals surface area contributed by atoms with E-state index in [1.807, 2.05) is 0 Å². The van der Waals surface area contributed by atoms with Crippen LogP contribution in [0.15, 0.2) is 12.1 Å². The quantitative estimate of drug-likeness (QED) is 0.577. The van der Waals surface area contributed by atoms with Gasteiger partial charge in [0.05, 0.1) is 27.2 Å². The van der Waals surface area contributed by atoms with E-state index in [-0.39, 0.29) is 5.82 Å². The van der Waals surface area contributed by atoms with Crippen molar-refractivity contribution in [2.75, 3.05) is 0 Å². The zero-order valence-electron chi connectivity index (χ0n) is 10.5. The molecule has 110 valence electrons. The molecule has 0 saturated carbocycles. The average Bonchev–Trinajstić information content (AvgIpc) is 2.79. The molecule has 4 atom stereocenters. The SMILES string of the molecule is CC(O)C(O)C(O)[C@@H](O)c1nc2cc(Cl)c(Cl)cc2[nH]1. The fourth-order valence-corrected chi connectivity index (χ4v) is 2.12. The molecule has 0 spiro atoms. The Morgan fingerprint density at radius 2 is 1.65 bits per heavy atom. The number of aromatic nitrogens is 2. The third-order valence-corrected chi connectivity index (χ3v) is 3.71. The van der Waals surface area contributed by atoms with Gasteiger partial charge in [-0.3, -0.25) is 0 Å². The number of rotatable bonds is 4. The maximum atomic E-state index is 9.97. The summed E-state index contributed by atoms with van der Waals surface area (Å²) in [5.41, 5.74) is 0.999. The lowest BCUT2D eigenvalue weighted by molar-refractivity contribution is -0.103. The van der Waals surface area contributed by atoms with Gasteiger partial charge in [0.1, 0.15) is 24.1 Å². The van der Waals surface area contributed by atoms with Crippen LogP contribution in [0, 0.1) is 0 Å². The number of halogens is 2. The summed E-state index contributed by atoms with van der Waals surface area (Å²) >= 11 is 11.7. The van der Waals surface area contributed by atoms with Gasteiger partial charge in [-0.2, -0.15) is 0 Å². The maximum Gasteiger partial charge on any atom is 0.140 e. The Bertz CT molecular complexity index is 578. The molecular formula is C12H14Cl2N2O4. The summed E-state index contributed by atoms with van der Waals surface area (Å²) in [5, 5.41) is 39.1. The van der Waals surface area contributed by atoms with Crippen molar-refractivity contribution in [1.82, 2.24) is 9.97 Å². The van der Waals surface area contributed by atoms with E-state index in [9.17, 15) is 20.4 Å². The number of aliphatic hydroxyl groups is 4. The summed E-state index contributed by atoms with van der Waals surface area (Å²) in [6.07, 6.45) is -5.75. The molecule has 0 fully saturated rings. The second-order valence-corrected chi connectivity index (χ2v) is 5.39. The van der Waals surface area contributed by atoms with Gasteiger partial charge in [0.2, 0.25) is 0 Å². The standard InChI is InChI=1S/C12H14Cl2N2O4/c1-4(17)9(18)10(19)11(20)12-15-7-2-5(13)6(14)3-8(7)16-12/h2-4,9-11,17-20H,1H3,(H,15,16)/t4?,9?,10?,11-/m1/s1. The van der Waals surface area contributed by atoms with Gasteiger partial charge in [-0.25, -0.2) is 4.98 Å². The van der Waals surface area contributed by atoms with Gasteiger partial charge >= 0.3 is 0 Å². The first-order valence-electron chi connectivity index (χ1n) is 5.88. The number of fused-ring (bicyclic) bond motifs is 1. The van der Waals surface area contributed by atoms with Crippen molar-refractivity contribution in [3.05, 3.63) is 28.0 Å². The number of H-pyrrole nitrogens is 1. The molecular weight excluding hydrogens is 307 g/mol. The van der Waals surface area contributed by atoms with E-state index in [1.165, 1.54) is 13.0 Å². The third-order valence-electron chi connectivity index (χ3n) is 2.99. The minimum Gasteiger partial charge on any atom is -0.391 e. The van der Waals surface area contributed by atoms with Crippen LogP contribution in [0.4, 0.5) is 0 Å². The molecule has 3 unspecified atom stereocenters. The zero-order valence-corrected chi connectivity index (χ0v) is 12.0. The Morgan fingerprint density at radius 1 is 1.05 bits per heavy atom. The smallest absolute Gasteiger partial charge is 0.140 e. The number of hydrogen-bond acceptors (Lipinski definition) is 5. The molecule has 0 aliphatic carbocycles. The minimum atomic E-state index is -1.58. The molecule has 20 heavy (non-hydrogen) atoms. The van der Waals surface area contributed by atoms with Crippen LogP contribution < -0.4 is 0 Å². The van der Waals surface area contributed by atoms with E-state index in [4.69, 9.17) is 23.2 Å². The Labute approximate surface area is 124 Å². The molecule has 0 bridgehead atoms. The van der Waals surface area contributed by atoms with Gasteiger partial charge < -0.3 is 25.4 Å². The molecule has 8 heteroatoms. The Hall–Kier alpha value is -0.890. The van der Waals surface area contributed by atoms with Gasteiger partial charge in [0.25, 0.3) is 0 Å². The Balaban J connectivity index is 2.33. The molecule has 1 heterocycles. The van der Waals surface area contributed by atoms with Crippen molar-refractivity contribution in [3.8, 4) is 0 Å². The average molecular weight is 321 g/mol. The maximum absolute atomic E-state index is 9.97. The second kappa shape index (κ2) is 5.85. The van der Waals surface area contributed by atoms with E-state index in [2.05, 4.69) is 9.97 Å². The third kappa shape index (κ3) is 2.90. The van der Waals surface area contributed by atoms with E-state index in [0.29, 0.717) is 21.1 Å². The number of hydrogen-bond donors (Lipinski definition) is 5. The normalized spacial score (nSPS) is 17.9. The van der Waals surface area contributed by atoms with Crippen LogP contribution in [-0.2, 0) is 0 Å². The second-order valence-electron chi connectivity index (χ2n) is 4.57. The summed E-state index contributed by atoms with van der Waals surface area (Å²) in [4.78, 5) is 6.86. The number of aliphatic hydroxyl groups excluding tert-OH is 4. The summed E-state index contributed by atoms with van der Waals surface area (Å²) in [7, 11) is 0. The zero-order chi connectivity index (χ0) is 15.0. The first kappa shape index (κ1) is 15.5. The van der Waals surface area contributed by atoms with Crippen LogP contribution in [0.2, 0.25) is 10.0 Å². The molecule has 1 aromatic heterocycles. The molecule has 2 aromatic rings. The van der Waals surface area contributed by atoms with Crippen molar-refractivity contribution in [3.63, 3.8) is 0 Å². The highest BCUT2D eigenvalue weighted by Crippen LogP contribution is 2.28. The lowest BCUT2D eigenvalue weighted by Crippen LogP contribution is -2.39. The summed E-state index contributed by atoms with van der Waals surface area (Å²) in [5.74, 6) is 0.0468. The fraction of sp³-hybridized carbons (Fsp3) is 0.417. The molecule has 0 radical (unpaired) electrons. The molecule has 2 rings (SSSR count). The number of nitrogens with zero attached hydrogens (tertiary/aromatic N) is 1. The minimum absolute atomic E-state index is 0.0468. The number of nitrogens with one attached hydrogen (secondary N) is 1. The summed E-state index contributed by atoms with van der Waals surface area (Å²) < 4.78 is 0. The van der Waals surface area contributed by atoms with Crippen molar-refractivity contribution in [2.45, 2.75) is 31.3 Å². The molecule has 0 aliphatic rings. The highest BCUT2D eigenvalue weighted by molar-refractivity contribution is 6.42. The molecule has 1 aromatic carbocycles. The van der Waals surface area contributed by atoms with E-state index in [1.54, 1.807) is 6.07 Å². The Morgan fingerprint density at radius 3 is 2.25 bits per heavy atom. The van der Waals surface area contributed by atoms with Gasteiger partial charge in [-0.05, 0) is 19.1 Å². The van der Waals surface area contributed by atoms with Crippen LogP contribution in [0.5, 0.6) is 0 Å². The monoisotopic (exact) mass is 320 g/mol. The van der Waals surface area contributed by atoms with Crippen LogP contribution in [-0.4, -0.2) is 48.7 Å². The largest absolute Gasteiger partial charge is 0.391 e. The number of benzene rings is 1. The molecule has 0 saturated heterocycles. The van der Waals surface area contributed by atoms with Crippen molar-refractivity contribution in [1.29, 1.82) is 0 Å². The lowest BCUT2D eigenvalue weighted by Gasteiger charge is -2.23. The number of aromatic amines is 1. The molecule has 5 N–H and O–H groups in total. The summed E-state index contributed by atoms with van der Waals surface area (Å²) in [6, 6.07) is 3.06. The first-order valence-corrected chi connectivity index (χ1v) is 6.63. The van der Waals surface area contributed by atoms with Crippen LogP contribution in [0.25, 0.3) is 11.0 Å². The molecule has 0 aliphatic heterocycles. The van der Waals surface area contributed by atoms with Crippen LogP contribution in [0.1, 0.15) is 18.9 Å². The topological polar surface area (TPSA) is 110 Å². The molecule has 0 amide bonds. The van der Waals surface area contributed by atoms with Gasteiger partial charge in [0, 0.05) is 0 Å². The first-order chi connectivity index (χ1) is 9.31. The fourth-order valence-electron chi connectivity index (χ4n) is 1.80.